The highest BCUT2D eigenvalue weighted by atomic mass is 19.1. The highest BCUT2D eigenvalue weighted by molar-refractivity contribution is 5.75. The zero-order valence-electron chi connectivity index (χ0n) is 9.24. The number of unbranched alkanes of at least 4 members (excludes halogenated alkanes) is 1. The minimum Gasteiger partial charge on any atom is -0.480 e. The molecule has 0 aliphatic heterocycles. The lowest BCUT2D eigenvalue weighted by atomic mass is 10.1. The van der Waals surface area contributed by atoms with Gasteiger partial charge in [0.15, 0.2) is 0 Å². The van der Waals surface area contributed by atoms with Gasteiger partial charge in [0.1, 0.15) is 11.9 Å². The summed E-state index contributed by atoms with van der Waals surface area (Å²) < 4.78 is 13.0. The van der Waals surface area contributed by atoms with Crippen LogP contribution in [-0.4, -0.2) is 17.6 Å². The highest BCUT2D eigenvalue weighted by Gasteiger charge is 2.18. The number of nitrogens with one attached hydrogen (secondary N) is 1. The lowest BCUT2D eigenvalue weighted by Gasteiger charge is -2.14. The SMILES string of the molecule is CCCCNC(C(=O)O)c1cccc(F)c1. The second-order valence-corrected chi connectivity index (χ2v) is 3.63. The van der Waals surface area contributed by atoms with Crippen molar-refractivity contribution in [3.63, 3.8) is 0 Å². The van der Waals surface area contributed by atoms with Gasteiger partial charge in [0.2, 0.25) is 0 Å². The second kappa shape index (κ2) is 6.23. The lowest BCUT2D eigenvalue weighted by Crippen LogP contribution is -2.29. The average molecular weight is 225 g/mol. The molecule has 0 aromatic heterocycles. The molecule has 1 unspecified atom stereocenters. The largest absolute Gasteiger partial charge is 0.480 e. The van der Waals surface area contributed by atoms with E-state index in [-0.39, 0.29) is 0 Å². The van der Waals surface area contributed by atoms with Crippen LogP contribution in [0.4, 0.5) is 4.39 Å². The van der Waals surface area contributed by atoms with Crippen LogP contribution in [0.15, 0.2) is 24.3 Å². The molecular weight excluding hydrogens is 209 g/mol. The molecule has 1 aromatic carbocycles. The molecule has 0 spiro atoms. The third kappa shape index (κ3) is 3.62. The summed E-state index contributed by atoms with van der Waals surface area (Å²) in [6, 6.07) is 4.84. The van der Waals surface area contributed by atoms with Gasteiger partial charge in [-0.25, -0.2) is 4.39 Å². The number of carbonyl (C=O) groups is 1. The minimum absolute atomic E-state index is 0.416. The van der Waals surface area contributed by atoms with Gasteiger partial charge in [-0.3, -0.25) is 4.79 Å². The summed E-state index contributed by atoms with van der Waals surface area (Å²) in [7, 11) is 0. The monoisotopic (exact) mass is 225 g/mol. The quantitative estimate of drug-likeness (QED) is 0.730. The van der Waals surface area contributed by atoms with E-state index in [1.807, 2.05) is 6.92 Å². The van der Waals surface area contributed by atoms with Crippen molar-refractivity contribution in [2.75, 3.05) is 6.54 Å². The molecule has 88 valence electrons. The van der Waals surface area contributed by atoms with Crippen molar-refractivity contribution in [1.29, 1.82) is 0 Å². The Labute approximate surface area is 94.3 Å². The lowest BCUT2D eigenvalue weighted by molar-refractivity contribution is -0.139. The Morgan fingerprint density at radius 3 is 2.88 bits per heavy atom. The number of hydrogen-bond acceptors (Lipinski definition) is 2. The normalized spacial score (nSPS) is 12.4. The standard InChI is InChI=1S/C12H16FNO2/c1-2-3-7-14-11(12(15)16)9-5-4-6-10(13)8-9/h4-6,8,11,14H,2-3,7H2,1H3,(H,15,16). The molecule has 1 aromatic rings. The Bertz CT molecular complexity index is 355. The summed E-state index contributed by atoms with van der Waals surface area (Å²) in [4.78, 5) is 11.0. The fraction of sp³-hybridized carbons (Fsp3) is 0.417. The van der Waals surface area contributed by atoms with Crippen LogP contribution < -0.4 is 5.32 Å². The summed E-state index contributed by atoms with van der Waals surface area (Å²) >= 11 is 0. The van der Waals surface area contributed by atoms with Crippen molar-refractivity contribution in [2.24, 2.45) is 0 Å². The first kappa shape index (κ1) is 12.6. The number of carboxylic acids is 1. The van der Waals surface area contributed by atoms with E-state index in [0.29, 0.717) is 12.1 Å². The molecule has 4 heteroatoms. The van der Waals surface area contributed by atoms with Crippen molar-refractivity contribution in [3.05, 3.63) is 35.6 Å². The van der Waals surface area contributed by atoms with Crippen molar-refractivity contribution in [3.8, 4) is 0 Å². The maximum Gasteiger partial charge on any atom is 0.325 e. The van der Waals surface area contributed by atoms with Gasteiger partial charge in [-0.05, 0) is 30.7 Å². The molecule has 0 aliphatic carbocycles. The van der Waals surface area contributed by atoms with Crippen LogP contribution in [0.25, 0.3) is 0 Å². The van der Waals surface area contributed by atoms with Crippen LogP contribution in [0.5, 0.6) is 0 Å². The van der Waals surface area contributed by atoms with E-state index in [1.54, 1.807) is 6.07 Å². The molecule has 0 amide bonds. The van der Waals surface area contributed by atoms with Gasteiger partial charge in [0.25, 0.3) is 0 Å². The number of aliphatic carboxylic acids is 1. The molecule has 0 fully saturated rings. The molecule has 2 N–H and O–H groups in total. The zero-order valence-corrected chi connectivity index (χ0v) is 9.24. The maximum absolute atomic E-state index is 13.0. The first-order valence-corrected chi connectivity index (χ1v) is 5.36. The van der Waals surface area contributed by atoms with Crippen molar-refractivity contribution in [2.45, 2.75) is 25.8 Å². The summed E-state index contributed by atoms with van der Waals surface area (Å²) in [5.41, 5.74) is 0.448. The van der Waals surface area contributed by atoms with E-state index in [2.05, 4.69) is 5.32 Å². The van der Waals surface area contributed by atoms with Crippen molar-refractivity contribution < 1.29 is 14.3 Å². The third-order valence-corrected chi connectivity index (χ3v) is 2.31. The van der Waals surface area contributed by atoms with E-state index < -0.39 is 17.8 Å². The van der Waals surface area contributed by atoms with Gasteiger partial charge in [0, 0.05) is 0 Å². The first-order valence-electron chi connectivity index (χ1n) is 5.36. The number of hydrogen-bond donors (Lipinski definition) is 2. The Morgan fingerprint density at radius 2 is 2.31 bits per heavy atom. The molecule has 0 aliphatic rings. The predicted molar refractivity (Wildman–Crippen MR) is 59.7 cm³/mol. The number of benzene rings is 1. The van der Waals surface area contributed by atoms with Gasteiger partial charge in [-0.15, -0.1) is 0 Å². The van der Waals surface area contributed by atoms with E-state index in [4.69, 9.17) is 5.11 Å². The Morgan fingerprint density at radius 1 is 1.56 bits per heavy atom. The highest BCUT2D eigenvalue weighted by Crippen LogP contribution is 2.14. The van der Waals surface area contributed by atoms with Gasteiger partial charge < -0.3 is 10.4 Å². The number of halogens is 1. The van der Waals surface area contributed by atoms with Crippen LogP contribution in [0.1, 0.15) is 31.4 Å². The second-order valence-electron chi connectivity index (χ2n) is 3.63. The molecular formula is C12H16FNO2. The van der Waals surface area contributed by atoms with Crippen molar-refractivity contribution in [1.82, 2.24) is 5.32 Å². The molecule has 0 saturated carbocycles. The average Bonchev–Trinajstić information content (AvgIpc) is 2.24. The molecule has 1 rings (SSSR count). The van der Waals surface area contributed by atoms with E-state index in [9.17, 15) is 9.18 Å². The van der Waals surface area contributed by atoms with Gasteiger partial charge in [-0.1, -0.05) is 25.5 Å². The summed E-state index contributed by atoms with van der Waals surface area (Å²) in [6.07, 6.45) is 1.89. The molecule has 0 saturated heterocycles. The Kier molecular flexibility index (Phi) is 4.92. The van der Waals surface area contributed by atoms with E-state index in [1.165, 1.54) is 18.2 Å². The third-order valence-electron chi connectivity index (χ3n) is 2.31. The number of carboxylic acid groups (broad SMARTS) is 1. The van der Waals surface area contributed by atoms with Crippen LogP contribution >= 0.6 is 0 Å². The van der Waals surface area contributed by atoms with Crippen LogP contribution in [0, 0.1) is 5.82 Å². The molecule has 3 nitrogen and oxygen atoms in total. The van der Waals surface area contributed by atoms with Gasteiger partial charge >= 0.3 is 5.97 Å². The van der Waals surface area contributed by atoms with Gasteiger partial charge in [-0.2, -0.15) is 0 Å². The van der Waals surface area contributed by atoms with E-state index in [0.717, 1.165) is 12.8 Å². The fourth-order valence-corrected chi connectivity index (χ4v) is 1.46. The first-order chi connectivity index (χ1) is 7.65. The zero-order chi connectivity index (χ0) is 12.0. The molecule has 1 atom stereocenters. The summed E-state index contributed by atoms with van der Waals surface area (Å²) in [5, 5.41) is 11.9. The smallest absolute Gasteiger partial charge is 0.325 e. The van der Waals surface area contributed by atoms with Crippen LogP contribution in [0.3, 0.4) is 0 Å². The Balaban J connectivity index is 2.73. The predicted octanol–water partition coefficient (Wildman–Crippen LogP) is 2.34. The fourth-order valence-electron chi connectivity index (χ4n) is 1.46. The number of rotatable bonds is 6. The summed E-state index contributed by atoms with van der Waals surface area (Å²) in [5.74, 6) is -1.40. The van der Waals surface area contributed by atoms with Gasteiger partial charge in [0.05, 0.1) is 0 Å². The molecule has 0 bridgehead atoms. The van der Waals surface area contributed by atoms with Crippen LogP contribution in [0.2, 0.25) is 0 Å². The maximum atomic E-state index is 13.0. The summed E-state index contributed by atoms with van der Waals surface area (Å²) in [6.45, 7) is 2.64. The van der Waals surface area contributed by atoms with E-state index >= 15 is 0 Å². The molecule has 0 radical (unpaired) electrons. The minimum atomic E-state index is -0.985. The molecule has 16 heavy (non-hydrogen) atoms. The Hall–Kier alpha value is -1.42. The topological polar surface area (TPSA) is 49.3 Å². The van der Waals surface area contributed by atoms with Crippen LogP contribution in [-0.2, 0) is 4.79 Å². The van der Waals surface area contributed by atoms with Crippen molar-refractivity contribution >= 4 is 5.97 Å². The molecule has 0 heterocycles.